The van der Waals surface area contributed by atoms with Crippen molar-refractivity contribution in [1.82, 2.24) is 5.32 Å². The summed E-state index contributed by atoms with van der Waals surface area (Å²) in [7, 11) is 0. The number of fused-ring (bicyclic) bond motifs is 2. The standard InChI is InChI=1S/C19H20FNO2/c20-18-9-8-16(12-19(18)23-15-4-2-1-3-5-15)22-17-10-13-6-7-14(11-17)21-13/h1-5,8-9,12-14,17,21H,6-7,10-11H2/t13-,14+,17?. The molecule has 3 atom stereocenters. The van der Waals surface area contributed by atoms with Crippen LogP contribution in [0, 0.1) is 5.82 Å². The van der Waals surface area contributed by atoms with Crippen molar-refractivity contribution in [3.63, 3.8) is 0 Å². The van der Waals surface area contributed by atoms with Crippen LogP contribution in [0.1, 0.15) is 25.7 Å². The molecule has 120 valence electrons. The quantitative estimate of drug-likeness (QED) is 0.914. The summed E-state index contributed by atoms with van der Waals surface area (Å²) in [4.78, 5) is 0. The fourth-order valence-corrected chi connectivity index (χ4v) is 3.54. The number of piperidine rings is 1. The van der Waals surface area contributed by atoms with Gasteiger partial charge in [-0.05, 0) is 49.9 Å². The molecule has 0 spiro atoms. The molecule has 2 aliphatic heterocycles. The number of hydrogen-bond acceptors (Lipinski definition) is 3. The summed E-state index contributed by atoms with van der Waals surface area (Å²) in [6.07, 6.45) is 4.70. The van der Waals surface area contributed by atoms with Crippen molar-refractivity contribution in [3.8, 4) is 17.2 Å². The molecule has 0 radical (unpaired) electrons. The van der Waals surface area contributed by atoms with E-state index in [4.69, 9.17) is 9.47 Å². The zero-order valence-corrected chi connectivity index (χ0v) is 12.9. The highest BCUT2D eigenvalue weighted by molar-refractivity contribution is 5.38. The van der Waals surface area contributed by atoms with Crippen LogP contribution >= 0.6 is 0 Å². The minimum atomic E-state index is -0.383. The molecule has 1 unspecified atom stereocenters. The first-order valence-corrected chi connectivity index (χ1v) is 8.21. The highest BCUT2D eigenvalue weighted by atomic mass is 19.1. The van der Waals surface area contributed by atoms with E-state index in [-0.39, 0.29) is 17.7 Å². The molecule has 2 saturated heterocycles. The van der Waals surface area contributed by atoms with E-state index in [2.05, 4.69) is 5.32 Å². The second kappa shape index (κ2) is 6.20. The molecule has 2 aliphatic rings. The van der Waals surface area contributed by atoms with Crippen LogP contribution in [0.25, 0.3) is 0 Å². The van der Waals surface area contributed by atoms with Crippen molar-refractivity contribution in [2.24, 2.45) is 0 Å². The van der Waals surface area contributed by atoms with E-state index in [9.17, 15) is 4.39 Å². The Balaban J connectivity index is 1.48. The van der Waals surface area contributed by atoms with Gasteiger partial charge in [-0.1, -0.05) is 18.2 Å². The van der Waals surface area contributed by atoms with Crippen LogP contribution in [0.2, 0.25) is 0 Å². The average molecular weight is 313 g/mol. The maximum absolute atomic E-state index is 14.0. The highest BCUT2D eigenvalue weighted by Crippen LogP contribution is 2.32. The van der Waals surface area contributed by atoms with Crippen LogP contribution in [-0.4, -0.2) is 18.2 Å². The van der Waals surface area contributed by atoms with Crippen molar-refractivity contribution < 1.29 is 13.9 Å². The number of nitrogens with one attached hydrogen (secondary N) is 1. The first-order chi connectivity index (χ1) is 11.3. The van der Waals surface area contributed by atoms with Crippen LogP contribution < -0.4 is 14.8 Å². The van der Waals surface area contributed by atoms with E-state index in [1.165, 1.54) is 18.9 Å². The van der Waals surface area contributed by atoms with Crippen LogP contribution in [0.15, 0.2) is 48.5 Å². The Morgan fingerprint density at radius 1 is 0.913 bits per heavy atom. The van der Waals surface area contributed by atoms with Gasteiger partial charge in [0, 0.05) is 18.2 Å². The topological polar surface area (TPSA) is 30.5 Å². The van der Waals surface area contributed by atoms with Gasteiger partial charge < -0.3 is 14.8 Å². The van der Waals surface area contributed by atoms with Crippen LogP contribution in [0.4, 0.5) is 4.39 Å². The number of halogens is 1. The number of para-hydroxylation sites is 1. The van der Waals surface area contributed by atoms with Gasteiger partial charge in [0.15, 0.2) is 11.6 Å². The second-order valence-electron chi connectivity index (χ2n) is 6.36. The molecule has 2 heterocycles. The number of ether oxygens (including phenoxy) is 2. The summed E-state index contributed by atoms with van der Waals surface area (Å²) in [5.74, 6) is 1.10. The molecule has 0 aromatic heterocycles. The van der Waals surface area contributed by atoms with E-state index in [0.717, 1.165) is 12.8 Å². The fourth-order valence-electron chi connectivity index (χ4n) is 3.54. The molecule has 0 aliphatic carbocycles. The van der Waals surface area contributed by atoms with E-state index in [1.807, 2.05) is 18.2 Å². The van der Waals surface area contributed by atoms with Gasteiger partial charge in [-0.25, -0.2) is 4.39 Å². The SMILES string of the molecule is Fc1ccc(OC2C[C@H]3CC[C@@H](C2)N3)cc1Oc1ccccc1. The Kier molecular flexibility index (Phi) is 3.92. The molecule has 4 heteroatoms. The summed E-state index contributed by atoms with van der Waals surface area (Å²) < 4.78 is 25.7. The van der Waals surface area contributed by atoms with Gasteiger partial charge in [-0.15, -0.1) is 0 Å². The summed E-state index contributed by atoms with van der Waals surface area (Å²) in [6, 6.07) is 15.1. The Bertz CT molecular complexity index is 664. The van der Waals surface area contributed by atoms with E-state index >= 15 is 0 Å². The lowest BCUT2D eigenvalue weighted by Gasteiger charge is -2.29. The minimum absolute atomic E-state index is 0.198. The van der Waals surface area contributed by atoms with Crippen molar-refractivity contribution in [2.75, 3.05) is 0 Å². The van der Waals surface area contributed by atoms with Crippen molar-refractivity contribution >= 4 is 0 Å². The summed E-state index contributed by atoms with van der Waals surface area (Å²) in [5, 5.41) is 3.59. The molecule has 2 bridgehead atoms. The zero-order chi connectivity index (χ0) is 15.6. The Hall–Kier alpha value is -2.07. The van der Waals surface area contributed by atoms with Gasteiger partial charge in [-0.2, -0.15) is 0 Å². The van der Waals surface area contributed by atoms with Gasteiger partial charge in [0.1, 0.15) is 17.6 Å². The maximum Gasteiger partial charge on any atom is 0.166 e. The van der Waals surface area contributed by atoms with Gasteiger partial charge in [0.05, 0.1) is 0 Å². The Morgan fingerprint density at radius 2 is 1.65 bits per heavy atom. The highest BCUT2D eigenvalue weighted by Gasteiger charge is 2.34. The molecule has 2 fully saturated rings. The van der Waals surface area contributed by atoms with Crippen LogP contribution in [0.5, 0.6) is 17.2 Å². The molecule has 2 aromatic rings. The van der Waals surface area contributed by atoms with Gasteiger partial charge in [-0.3, -0.25) is 0 Å². The molecule has 4 rings (SSSR count). The van der Waals surface area contributed by atoms with Gasteiger partial charge in [0.25, 0.3) is 0 Å². The third-order valence-electron chi connectivity index (χ3n) is 4.61. The Morgan fingerprint density at radius 3 is 2.39 bits per heavy atom. The predicted octanol–water partition coefficient (Wildman–Crippen LogP) is 4.28. The summed E-state index contributed by atoms with van der Waals surface area (Å²) >= 11 is 0. The lowest BCUT2D eigenvalue weighted by molar-refractivity contribution is 0.137. The van der Waals surface area contributed by atoms with Crippen molar-refractivity contribution in [1.29, 1.82) is 0 Å². The second-order valence-corrected chi connectivity index (χ2v) is 6.36. The van der Waals surface area contributed by atoms with Crippen molar-refractivity contribution in [3.05, 3.63) is 54.3 Å². The van der Waals surface area contributed by atoms with E-state index in [0.29, 0.717) is 23.6 Å². The number of hydrogen-bond donors (Lipinski definition) is 1. The summed E-state index contributed by atoms with van der Waals surface area (Å²) in [6.45, 7) is 0. The molecule has 2 aromatic carbocycles. The molecule has 23 heavy (non-hydrogen) atoms. The Labute approximate surface area is 135 Å². The third-order valence-corrected chi connectivity index (χ3v) is 4.61. The largest absolute Gasteiger partial charge is 0.490 e. The molecule has 0 amide bonds. The molecule has 0 saturated carbocycles. The van der Waals surface area contributed by atoms with Gasteiger partial charge >= 0.3 is 0 Å². The third kappa shape index (κ3) is 3.32. The van der Waals surface area contributed by atoms with Crippen LogP contribution in [-0.2, 0) is 0 Å². The van der Waals surface area contributed by atoms with E-state index < -0.39 is 0 Å². The lowest BCUT2D eigenvalue weighted by Crippen LogP contribution is -2.42. The molecule has 1 N–H and O–H groups in total. The maximum atomic E-state index is 14.0. The number of rotatable bonds is 4. The molecular weight excluding hydrogens is 293 g/mol. The summed E-state index contributed by atoms with van der Waals surface area (Å²) in [5.41, 5.74) is 0. The molecular formula is C19H20FNO2. The first-order valence-electron chi connectivity index (χ1n) is 8.21. The smallest absolute Gasteiger partial charge is 0.166 e. The van der Waals surface area contributed by atoms with Crippen LogP contribution in [0.3, 0.4) is 0 Å². The van der Waals surface area contributed by atoms with Gasteiger partial charge in [0.2, 0.25) is 0 Å². The fraction of sp³-hybridized carbons (Fsp3) is 0.368. The normalized spacial score (nSPS) is 26.0. The monoisotopic (exact) mass is 313 g/mol. The predicted molar refractivity (Wildman–Crippen MR) is 86.5 cm³/mol. The first kappa shape index (κ1) is 14.5. The average Bonchev–Trinajstić information content (AvgIpc) is 2.90. The lowest BCUT2D eigenvalue weighted by atomic mass is 10.0. The zero-order valence-electron chi connectivity index (χ0n) is 12.9. The van der Waals surface area contributed by atoms with Crippen molar-refractivity contribution in [2.45, 2.75) is 43.9 Å². The molecule has 3 nitrogen and oxygen atoms in total. The van der Waals surface area contributed by atoms with E-state index in [1.54, 1.807) is 24.3 Å². The number of benzene rings is 2. The minimum Gasteiger partial charge on any atom is -0.490 e.